The summed E-state index contributed by atoms with van der Waals surface area (Å²) < 4.78 is 4.05. The van der Waals surface area contributed by atoms with Crippen LogP contribution >= 0.6 is 7.79 Å². The molecule has 1 aliphatic heterocycles. The van der Waals surface area contributed by atoms with Crippen molar-refractivity contribution < 1.29 is 14.8 Å². The van der Waals surface area contributed by atoms with Crippen LogP contribution in [0.2, 0.25) is 0 Å². The van der Waals surface area contributed by atoms with Crippen LogP contribution in [0.4, 0.5) is 11.4 Å². The molecule has 1 saturated heterocycles. The van der Waals surface area contributed by atoms with E-state index in [1.54, 1.807) is 0 Å². The molecule has 3 rings (SSSR count). The van der Waals surface area contributed by atoms with Crippen LogP contribution in [0.1, 0.15) is 20.3 Å². The molecule has 2 aromatic rings. The summed E-state index contributed by atoms with van der Waals surface area (Å²) in [5, 5.41) is 10.1. The van der Waals surface area contributed by atoms with E-state index < -0.39 is 13.8 Å². The van der Waals surface area contributed by atoms with Crippen LogP contribution in [0.5, 0.6) is 0 Å². The number of carboxylic acids is 1. The molecule has 144 valence electrons. The Hall–Kier alpha value is -2.36. The summed E-state index contributed by atoms with van der Waals surface area (Å²) >= 11 is 0. The number of allylic oxidation sites excluding steroid dienone is 1. The quantitative estimate of drug-likeness (QED) is 0.715. The van der Waals surface area contributed by atoms with Crippen molar-refractivity contribution in [3.05, 3.63) is 72.1 Å². The molecule has 5 nitrogen and oxygen atoms in total. The van der Waals surface area contributed by atoms with Gasteiger partial charge in [-0.25, -0.2) is 0 Å². The molecule has 0 unspecified atom stereocenters. The Balaban J connectivity index is 2.14. The molecule has 0 radical (unpaired) electrons. The monoisotopic (exact) mass is 386 g/mol. The van der Waals surface area contributed by atoms with E-state index in [9.17, 15) is 14.8 Å². The van der Waals surface area contributed by atoms with Crippen molar-refractivity contribution >= 4 is 25.1 Å². The molecular weight excluding hydrogens is 359 g/mol. The molecule has 2 aromatic carbocycles. The van der Waals surface area contributed by atoms with Crippen LogP contribution < -0.4 is 9.34 Å². The minimum atomic E-state index is -3.43. The van der Waals surface area contributed by atoms with Crippen LogP contribution in [-0.4, -0.2) is 29.1 Å². The van der Waals surface area contributed by atoms with E-state index in [0.717, 1.165) is 11.4 Å². The molecule has 0 atom stereocenters. The fourth-order valence-electron chi connectivity index (χ4n) is 3.69. The van der Waals surface area contributed by atoms with E-state index in [4.69, 9.17) is 0 Å². The van der Waals surface area contributed by atoms with Crippen molar-refractivity contribution in [2.75, 3.05) is 22.4 Å². The van der Waals surface area contributed by atoms with E-state index in [1.807, 2.05) is 89.9 Å². The number of carbonyl (C=O) groups is 1. The third kappa shape index (κ3) is 4.00. The van der Waals surface area contributed by atoms with Gasteiger partial charge in [0.2, 0.25) is 0 Å². The maximum atomic E-state index is 12.1. The molecule has 6 heteroatoms. The Bertz CT molecular complexity index is 761. The fourth-order valence-corrected chi connectivity index (χ4v) is 7.46. The van der Waals surface area contributed by atoms with Gasteiger partial charge in [0.25, 0.3) is 0 Å². The molecule has 0 spiro atoms. The number of aliphatic carboxylic acids is 1. The summed E-state index contributed by atoms with van der Waals surface area (Å²) in [6.45, 7) is 5.32. The maximum absolute atomic E-state index is 12.1. The van der Waals surface area contributed by atoms with Gasteiger partial charge >= 0.3 is 161 Å². The molecule has 1 aliphatic rings. The Morgan fingerprint density at radius 2 is 1.44 bits per heavy atom. The van der Waals surface area contributed by atoms with Crippen molar-refractivity contribution in [3.63, 3.8) is 0 Å². The van der Waals surface area contributed by atoms with Gasteiger partial charge in [0.05, 0.1) is 0 Å². The summed E-state index contributed by atoms with van der Waals surface area (Å²) in [6.07, 6.45) is 1.77. The molecule has 0 aliphatic carbocycles. The number of rotatable bonds is 6. The second-order valence-electron chi connectivity index (χ2n) is 7.12. The minimum absolute atomic E-state index is 0.145. The van der Waals surface area contributed by atoms with Crippen molar-refractivity contribution in [1.29, 1.82) is 0 Å². The molecule has 1 heterocycles. The van der Waals surface area contributed by atoms with Gasteiger partial charge in [-0.1, -0.05) is 0 Å². The Labute approximate surface area is 161 Å². The zero-order valence-electron chi connectivity index (χ0n) is 15.7. The molecule has 2 N–H and O–H groups in total. The van der Waals surface area contributed by atoms with E-state index >= 15 is 0 Å². The third-order valence-electron chi connectivity index (χ3n) is 4.74. The van der Waals surface area contributed by atoms with E-state index in [0.29, 0.717) is 18.4 Å². The van der Waals surface area contributed by atoms with Gasteiger partial charge in [-0.2, -0.15) is 0 Å². The van der Waals surface area contributed by atoms with Gasteiger partial charge in [0, 0.05) is 0 Å². The first kappa shape index (κ1) is 19.4. The average molecular weight is 386 g/mol. The van der Waals surface area contributed by atoms with Crippen LogP contribution in [0, 0.1) is 5.92 Å². The number of nitrogens with zero attached hydrogens (tertiary/aromatic N) is 2. The van der Waals surface area contributed by atoms with Gasteiger partial charge in [-0.15, -0.1) is 0 Å². The second-order valence-corrected chi connectivity index (χ2v) is 10.1. The predicted molar refractivity (Wildman–Crippen MR) is 113 cm³/mol. The van der Waals surface area contributed by atoms with E-state index in [-0.39, 0.29) is 12.3 Å². The second kappa shape index (κ2) is 8.12. The molecule has 1 fully saturated rings. The topological polar surface area (TPSA) is 64.0 Å². The first-order valence-corrected chi connectivity index (χ1v) is 11.1. The fraction of sp³-hybridized carbons (Fsp3) is 0.286. The molecule has 0 saturated carbocycles. The molecule has 27 heavy (non-hydrogen) atoms. The van der Waals surface area contributed by atoms with Crippen LogP contribution in [0.15, 0.2) is 72.1 Å². The van der Waals surface area contributed by atoms with Gasteiger partial charge in [-0.3, -0.25) is 0 Å². The van der Waals surface area contributed by atoms with E-state index in [2.05, 4.69) is 0 Å². The average Bonchev–Trinajstić information content (AvgIpc) is 3.00. The van der Waals surface area contributed by atoms with Gasteiger partial charge in [0.1, 0.15) is 0 Å². The number of anilines is 2. The van der Waals surface area contributed by atoms with Crippen molar-refractivity contribution in [2.24, 2.45) is 5.92 Å². The number of para-hydroxylation sites is 2. The number of hydrogen-bond donors (Lipinski definition) is 2. The van der Waals surface area contributed by atoms with Gasteiger partial charge in [-0.05, 0) is 0 Å². The van der Waals surface area contributed by atoms with Gasteiger partial charge < -0.3 is 0 Å². The number of benzene rings is 2. The summed E-state index contributed by atoms with van der Waals surface area (Å²) in [7, 11) is -3.43. The van der Waals surface area contributed by atoms with Crippen molar-refractivity contribution in [3.8, 4) is 0 Å². The summed E-state index contributed by atoms with van der Waals surface area (Å²) in [5.74, 6) is -0.775. The summed E-state index contributed by atoms with van der Waals surface area (Å²) in [4.78, 5) is 23.7. The zero-order chi connectivity index (χ0) is 19.4. The summed E-state index contributed by atoms with van der Waals surface area (Å²) in [5.41, 5.74) is 1.84. The SMILES string of the molecule is CC(C)/C=C(\CC(=O)O)[PH]1(O)N(c2ccccc2)CCN1c1ccccc1. The molecule has 0 aromatic heterocycles. The first-order valence-electron chi connectivity index (χ1n) is 9.23. The predicted octanol–water partition coefficient (Wildman–Crippen LogP) is 4.52. The normalized spacial score (nSPS) is 18.0. The van der Waals surface area contributed by atoms with Crippen LogP contribution in [0.3, 0.4) is 0 Å². The number of hydrogen-bond acceptors (Lipinski definition) is 4. The van der Waals surface area contributed by atoms with E-state index in [1.165, 1.54) is 0 Å². The third-order valence-corrected chi connectivity index (χ3v) is 8.42. The summed E-state index contributed by atoms with van der Waals surface area (Å²) in [6, 6.07) is 19.5. The van der Waals surface area contributed by atoms with Crippen LogP contribution in [-0.2, 0) is 4.79 Å². The standard InChI is InChI=1S/C21H27N2O3P/c1-17(2)15-20(16-21(24)25)27(26)22(18-9-5-3-6-10-18)13-14-23(27)19-11-7-4-8-12-19/h3-12,15,17,26-27H,13-14,16H2,1-2H3,(H,24,25)/b20-15+. The van der Waals surface area contributed by atoms with Crippen molar-refractivity contribution in [2.45, 2.75) is 20.3 Å². The molecule has 0 amide bonds. The van der Waals surface area contributed by atoms with Gasteiger partial charge in [0.15, 0.2) is 0 Å². The van der Waals surface area contributed by atoms with Crippen molar-refractivity contribution in [1.82, 2.24) is 0 Å². The Morgan fingerprint density at radius 3 is 1.81 bits per heavy atom. The first-order chi connectivity index (χ1) is 12.9. The number of carboxylic acid groups (broad SMARTS) is 1. The Morgan fingerprint density at radius 1 is 1.00 bits per heavy atom. The molecule has 0 bridgehead atoms. The molecular formula is C21H27N2O3P. The zero-order valence-corrected chi connectivity index (χ0v) is 16.7. The Kier molecular flexibility index (Phi) is 5.83. The van der Waals surface area contributed by atoms with Crippen LogP contribution in [0.25, 0.3) is 0 Å².